The first-order valence-corrected chi connectivity index (χ1v) is 33.8. The Hall–Kier alpha value is -2.83. The van der Waals surface area contributed by atoms with Gasteiger partial charge in [-0.1, -0.05) is 279 Å². The number of aliphatic hydroxyl groups excluding tert-OH is 8. The third-order valence-corrected chi connectivity index (χ3v) is 16.1. The zero-order valence-electron chi connectivity index (χ0n) is 52.6. The molecular weight excluding hydrogens is 1060 g/mol. The van der Waals surface area contributed by atoms with Gasteiger partial charge in [-0.3, -0.25) is 4.79 Å². The molecule has 0 aromatic rings. The summed E-state index contributed by atoms with van der Waals surface area (Å²) < 4.78 is 22.8. The number of rotatable bonds is 54. The summed E-state index contributed by atoms with van der Waals surface area (Å²) in [7, 11) is 0. The van der Waals surface area contributed by atoms with E-state index in [2.05, 4.69) is 79.9 Å². The fraction of sp³-hybridized carbons (Fsp3) is 0.786. The normalized spacial score (nSPS) is 24.2. The van der Waals surface area contributed by atoms with Gasteiger partial charge in [0, 0.05) is 6.42 Å². The fourth-order valence-electron chi connectivity index (χ4n) is 10.7. The van der Waals surface area contributed by atoms with Crippen LogP contribution >= 0.6 is 0 Å². The molecule has 84 heavy (non-hydrogen) atoms. The Morgan fingerprint density at radius 2 is 0.821 bits per heavy atom. The molecule has 0 spiro atoms. The summed E-state index contributed by atoms with van der Waals surface area (Å²) >= 11 is 0. The van der Waals surface area contributed by atoms with Crippen LogP contribution in [0.2, 0.25) is 0 Å². The van der Waals surface area contributed by atoms with Gasteiger partial charge in [0.05, 0.1) is 32.0 Å². The van der Waals surface area contributed by atoms with Crippen LogP contribution in [0, 0.1) is 0 Å². The first-order chi connectivity index (χ1) is 41.1. The van der Waals surface area contributed by atoms with Crippen molar-refractivity contribution >= 4 is 5.91 Å². The number of hydrogen-bond acceptors (Lipinski definition) is 13. The Morgan fingerprint density at radius 1 is 0.440 bits per heavy atom. The van der Waals surface area contributed by atoms with Crippen molar-refractivity contribution < 1.29 is 64.6 Å². The standard InChI is InChI=1S/C70H123NO13/c1-3-5-7-9-11-13-15-17-19-21-23-24-25-26-27-28-29-30-31-32-33-34-36-37-39-41-43-45-47-49-51-53-59(74)58(71-62(75)54-52-50-48-46-44-42-40-38-35-22-20-18-16-14-12-10-8-6-4-2)57-81-69-67(80)65(78)68(61(56-73)83-69)84-70-66(79)64(77)63(76)60(55-72)82-70/h6,8,12,14,18,20,35,38,42,44,48,50-51,53,58-61,63-70,72-74,76-80H,3-5,7,9-11,13,15-17,19,21-34,36-37,39-41,43,45-47,49,52,54-57H2,1-2H3,(H,71,75)/b8-6-,14-12-,20-18-,38-35-,44-42-,50-48-,53-51+. The maximum atomic E-state index is 13.2. The number of aliphatic hydroxyl groups is 8. The monoisotopic (exact) mass is 1190 g/mol. The molecule has 0 bridgehead atoms. The van der Waals surface area contributed by atoms with Gasteiger partial charge in [0.1, 0.15) is 48.8 Å². The Morgan fingerprint density at radius 3 is 1.24 bits per heavy atom. The van der Waals surface area contributed by atoms with E-state index in [4.69, 9.17) is 18.9 Å². The van der Waals surface area contributed by atoms with Crippen molar-refractivity contribution in [1.82, 2.24) is 5.32 Å². The Bertz CT molecular complexity index is 1730. The van der Waals surface area contributed by atoms with Gasteiger partial charge in [0.2, 0.25) is 5.91 Å². The molecule has 12 unspecified atom stereocenters. The van der Waals surface area contributed by atoms with E-state index < -0.39 is 86.8 Å². The zero-order valence-corrected chi connectivity index (χ0v) is 52.6. The molecule has 2 aliphatic heterocycles. The first kappa shape index (κ1) is 77.3. The van der Waals surface area contributed by atoms with Crippen LogP contribution < -0.4 is 5.32 Å². The van der Waals surface area contributed by atoms with E-state index >= 15 is 0 Å². The van der Waals surface area contributed by atoms with Gasteiger partial charge in [-0.15, -0.1) is 0 Å². The van der Waals surface area contributed by atoms with Crippen LogP contribution in [0.5, 0.6) is 0 Å². The molecule has 2 aliphatic rings. The third-order valence-electron chi connectivity index (χ3n) is 16.1. The lowest BCUT2D eigenvalue weighted by atomic mass is 9.97. The highest BCUT2D eigenvalue weighted by atomic mass is 16.7. The SMILES string of the molecule is CC/C=C\C/C=C\C/C=C\C/C=C\C/C=C\C/C=C\CCC(=O)NC(COC1OC(CO)C(OC2OC(CO)C(O)C(O)C2O)C(O)C1O)C(O)/C=C/CCCCCCCCCCCCCCCCCCCCCCCCCCCCCCC. The summed E-state index contributed by atoms with van der Waals surface area (Å²) in [5, 5.41) is 87.2. The van der Waals surface area contributed by atoms with Gasteiger partial charge in [0.15, 0.2) is 12.6 Å². The van der Waals surface area contributed by atoms with Crippen molar-refractivity contribution in [3.63, 3.8) is 0 Å². The van der Waals surface area contributed by atoms with Crippen LogP contribution in [0.25, 0.3) is 0 Å². The molecule has 0 radical (unpaired) electrons. The second kappa shape index (κ2) is 54.3. The van der Waals surface area contributed by atoms with Crippen LogP contribution in [0.1, 0.15) is 258 Å². The summed E-state index contributed by atoms with van der Waals surface area (Å²) in [6.45, 7) is 2.65. The molecule has 2 fully saturated rings. The van der Waals surface area contributed by atoms with E-state index in [0.29, 0.717) is 6.42 Å². The lowest BCUT2D eigenvalue weighted by Crippen LogP contribution is -2.65. The lowest BCUT2D eigenvalue weighted by Gasteiger charge is -2.46. The quantitative estimate of drug-likeness (QED) is 0.0204. The number of unbranched alkanes of at least 4 members (excludes halogenated alkanes) is 29. The van der Waals surface area contributed by atoms with Crippen LogP contribution in [0.4, 0.5) is 0 Å². The Labute approximate surface area is 510 Å². The molecule has 2 saturated heterocycles. The number of amides is 1. The molecule has 0 aromatic heterocycles. The summed E-state index contributed by atoms with van der Waals surface area (Å²) in [4.78, 5) is 13.2. The molecule has 0 saturated carbocycles. The van der Waals surface area contributed by atoms with Gasteiger partial charge in [0.25, 0.3) is 0 Å². The van der Waals surface area contributed by atoms with Crippen molar-refractivity contribution in [2.45, 2.75) is 331 Å². The van der Waals surface area contributed by atoms with Gasteiger partial charge in [-0.2, -0.15) is 0 Å². The molecule has 2 heterocycles. The molecular formula is C70H123NO13. The summed E-state index contributed by atoms with van der Waals surface area (Å²) in [5.74, 6) is -0.321. The molecule has 1 amide bonds. The van der Waals surface area contributed by atoms with Gasteiger partial charge < -0.3 is 65.1 Å². The molecule has 0 aliphatic carbocycles. The van der Waals surface area contributed by atoms with Crippen molar-refractivity contribution in [2.75, 3.05) is 19.8 Å². The first-order valence-electron chi connectivity index (χ1n) is 33.8. The second-order valence-electron chi connectivity index (χ2n) is 23.6. The minimum absolute atomic E-state index is 0.152. The number of nitrogens with one attached hydrogen (secondary N) is 1. The van der Waals surface area contributed by atoms with Crippen molar-refractivity contribution in [3.8, 4) is 0 Å². The number of ether oxygens (including phenoxy) is 4. The Kier molecular flexibility index (Phi) is 50.0. The molecule has 486 valence electrons. The van der Waals surface area contributed by atoms with E-state index in [1.54, 1.807) is 6.08 Å². The zero-order chi connectivity index (χ0) is 60.9. The molecule has 14 heteroatoms. The van der Waals surface area contributed by atoms with Crippen LogP contribution in [-0.4, -0.2) is 140 Å². The fourth-order valence-corrected chi connectivity index (χ4v) is 10.7. The van der Waals surface area contributed by atoms with E-state index in [0.717, 1.165) is 64.2 Å². The van der Waals surface area contributed by atoms with Gasteiger partial charge in [-0.05, 0) is 57.8 Å². The highest BCUT2D eigenvalue weighted by molar-refractivity contribution is 5.76. The molecule has 14 nitrogen and oxygen atoms in total. The van der Waals surface area contributed by atoms with Crippen molar-refractivity contribution in [1.29, 1.82) is 0 Å². The van der Waals surface area contributed by atoms with Gasteiger partial charge in [-0.25, -0.2) is 0 Å². The molecule has 2 rings (SSSR count). The summed E-state index contributed by atoms with van der Waals surface area (Å²) in [6, 6.07) is -0.962. The summed E-state index contributed by atoms with van der Waals surface area (Å²) in [6.07, 6.45) is 58.0. The second-order valence-corrected chi connectivity index (χ2v) is 23.6. The highest BCUT2D eigenvalue weighted by Gasteiger charge is 2.51. The van der Waals surface area contributed by atoms with Crippen LogP contribution in [-0.2, 0) is 23.7 Å². The summed E-state index contributed by atoms with van der Waals surface area (Å²) in [5.41, 5.74) is 0. The average Bonchev–Trinajstić information content (AvgIpc) is 3.62. The molecule has 9 N–H and O–H groups in total. The number of carbonyl (C=O) groups is 1. The van der Waals surface area contributed by atoms with Crippen molar-refractivity contribution in [2.24, 2.45) is 0 Å². The predicted octanol–water partition coefficient (Wildman–Crippen LogP) is 13.2. The number of hydrogen-bond donors (Lipinski definition) is 9. The molecule has 12 atom stereocenters. The predicted molar refractivity (Wildman–Crippen MR) is 341 cm³/mol. The minimum atomic E-state index is -1.80. The van der Waals surface area contributed by atoms with Crippen LogP contribution in [0.15, 0.2) is 85.1 Å². The maximum absolute atomic E-state index is 13.2. The maximum Gasteiger partial charge on any atom is 0.220 e. The van der Waals surface area contributed by atoms with Crippen molar-refractivity contribution in [3.05, 3.63) is 85.1 Å². The smallest absolute Gasteiger partial charge is 0.220 e. The van der Waals surface area contributed by atoms with E-state index in [-0.39, 0.29) is 18.9 Å². The lowest BCUT2D eigenvalue weighted by molar-refractivity contribution is -0.359. The Balaban J connectivity index is 1.71. The average molecular weight is 1190 g/mol. The van der Waals surface area contributed by atoms with E-state index in [1.807, 2.05) is 18.2 Å². The molecule has 0 aromatic carbocycles. The topological polar surface area (TPSA) is 228 Å². The number of allylic oxidation sites excluding steroid dienone is 13. The minimum Gasteiger partial charge on any atom is -0.394 e. The number of carbonyl (C=O) groups excluding carboxylic acids is 1. The van der Waals surface area contributed by atoms with E-state index in [9.17, 15) is 45.6 Å². The largest absolute Gasteiger partial charge is 0.394 e. The van der Waals surface area contributed by atoms with E-state index in [1.165, 1.54) is 167 Å². The van der Waals surface area contributed by atoms with Gasteiger partial charge >= 0.3 is 0 Å². The van der Waals surface area contributed by atoms with Crippen LogP contribution in [0.3, 0.4) is 0 Å². The third kappa shape index (κ3) is 38.4. The highest BCUT2D eigenvalue weighted by Crippen LogP contribution is 2.30.